The highest BCUT2D eigenvalue weighted by atomic mass is 16.5. The molecule has 3 heterocycles. The molecule has 3 rings (SSSR count). The first kappa shape index (κ1) is 11.9. The van der Waals surface area contributed by atoms with Gasteiger partial charge in [0.15, 0.2) is 0 Å². The maximum absolute atomic E-state index is 5.51. The van der Waals surface area contributed by atoms with E-state index >= 15 is 0 Å². The van der Waals surface area contributed by atoms with E-state index in [1.54, 1.807) is 0 Å². The van der Waals surface area contributed by atoms with Gasteiger partial charge in [0.25, 0.3) is 0 Å². The van der Waals surface area contributed by atoms with Crippen molar-refractivity contribution in [3.63, 3.8) is 0 Å². The van der Waals surface area contributed by atoms with Crippen molar-refractivity contribution in [2.24, 2.45) is 5.92 Å². The molecule has 3 aliphatic heterocycles. The van der Waals surface area contributed by atoms with Gasteiger partial charge in [0.05, 0.1) is 6.61 Å². The fourth-order valence-electron chi connectivity index (χ4n) is 3.77. The molecule has 2 bridgehead atoms. The van der Waals surface area contributed by atoms with E-state index in [0.717, 1.165) is 37.3 Å². The van der Waals surface area contributed by atoms with Crippen LogP contribution in [0.1, 0.15) is 33.1 Å². The molecule has 3 nitrogen and oxygen atoms in total. The molecule has 3 atom stereocenters. The largest absolute Gasteiger partial charge is 0.381 e. The summed E-state index contributed by atoms with van der Waals surface area (Å²) in [4.78, 5) is 5.47. The second-order valence-electron chi connectivity index (χ2n) is 6.36. The van der Waals surface area contributed by atoms with Crippen molar-refractivity contribution in [2.45, 2.75) is 51.2 Å². The summed E-state index contributed by atoms with van der Waals surface area (Å²) in [6, 6.07) is 2.38. The van der Waals surface area contributed by atoms with E-state index in [9.17, 15) is 0 Å². The van der Waals surface area contributed by atoms with Crippen LogP contribution in [0.3, 0.4) is 0 Å². The summed E-state index contributed by atoms with van der Waals surface area (Å²) in [7, 11) is 0. The third-order valence-electron chi connectivity index (χ3n) is 4.88. The summed E-state index contributed by atoms with van der Waals surface area (Å²) in [6.45, 7) is 10.5. The lowest BCUT2D eigenvalue weighted by molar-refractivity contribution is 0.0372. The number of rotatable bonds is 3. The molecule has 0 aliphatic carbocycles. The van der Waals surface area contributed by atoms with Gasteiger partial charge >= 0.3 is 0 Å². The second-order valence-corrected chi connectivity index (χ2v) is 6.36. The van der Waals surface area contributed by atoms with Crippen LogP contribution in [0.25, 0.3) is 0 Å². The number of likely N-dealkylation sites (tertiary alicyclic amines) is 1. The highest BCUT2D eigenvalue weighted by molar-refractivity contribution is 4.97. The lowest BCUT2D eigenvalue weighted by Gasteiger charge is -2.43. The van der Waals surface area contributed by atoms with Gasteiger partial charge in [0.1, 0.15) is 0 Å². The first-order chi connectivity index (χ1) is 8.24. The lowest BCUT2D eigenvalue weighted by atomic mass is 10.1. The molecule has 0 aromatic heterocycles. The molecule has 3 fully saturated rings. The molecule has 0 radical (unpaired) electrons. The Labute approximate surface area is 105 Å². The van der Waals surface area contributed by atoms with Crippen molar-refractivity contribution in [3.05, 3.63) is 0 Å². The van der Waals surface area contributed by atoms with Gasteiger partial charge in [0.2, 0.25) is 0 Å². The minimum absolute atomic E-state index is 0.718. The summed E-state index contributed by atoms with van der Waals surface area (Å²) in [5.74, 6) is 0.809. The number of fused-ring (bicyclic) bond motifs is 2. The fraction of sp³-hybridized carbons (Fsp3) is 1.00. The molecule has 3 heteroatoms. The molecule has 0 amide bonds. The molecule has 98 valence electrons. The summed E-state index contributed by atoms with van der Waals surface area (Å²) in [5, 5.41) is 0. The molecule has 0 aromatic carbocycles. The first-order valence-electron chi connectivity index (χ1n) is 7.31. The predicted octanol–water partition coefficient (Wildman–Crippen LogP) is 1.58. The molecule has 0 N–H and O–H groups in total. The maximum Gasteiger partial charge on any atom is 0.0507 e. The Balaban J connectivity index is 1.60. The third kappa shape index (κ3) is 2.38. The van der Waals surface area contributed by atoms with E-state index in [-0.39, 0.29) is 0 Å². The molecule has 3 saturated heterocycles. The molecule has 0 aromatic rings. The van der Waals surface area contributed by atoms with Gasteiger partial charge in [-0.15, -0.1) is 0 Å². The van der Waals surface area contributed by atoms with Crippen LogP contribution in [-0.2, 0) is 4.74 Å². The smallest absolute Gasteiger partial charge is 0.0507 e. The predicted molar refractivity (Wildman–Crippen MR) is 69.2 cm³/mol. The van der Waals surface area contributed by atoms with Gasteiger partial charge < -0.3 is 4.74 Å². The van der Waals surface area contributed by atoms with Crippen LogP contribution >= 0.6 is 0 Å². The van der Waals surface area contributed by atoms with E-state index in [0.29, 0.717) is 0 Å². The Morgan fingerprint density at radius 1 is 1.12 bits per heavy atom. The zero-order chi connectivity index (χ0) is 11.8. The van der Waals surface area contributed by atoms with Crippen molar-refractivity contribution in [2.75, 3.05) is 32.8 Å². The Kier molecular flexibility index (Phi) is 3.42. The first-order valence-corrected chi connectivity index (χ1v) is 7.31. The van der Waals surface area contributed by atoms with Crippen molar-refractivity contribution >= 4 is 0 Å². The highest BCUT2D eigenvalue weighted by Crippen LogP contribution is 2.32. The van der Waals surface area contributed by atoms with E-state index in [1.165, 1.54) is 38.9 Å². The zero-order valence-corrected chi connectivity index (χ0v) is 11.3. The van der Waals surface area contributed by atoms with Crippen molar-refractivity contribution in [3.8, 4) is 0 Å². The summed E-state index contributed by atoms with van der Waals surface area (Å²) >= 11 is 0. The third-order valence-corrected chi connectivity index (χ3v) is 4.88. The molecule has 0 saturated carbocycles. The Hall–Kier alpha value is -0.120. The molecule has 17 heavy (non-hydrogen) atoms. The van der Waals surface area contributed by atoms with Gasteiger partial charge in [-0.05, 0) is 39.0 Å². The van der Waals surface area contributed by atoms with Crippen LogP contribution in [0, 0.1) is 5.92 Å². The van der Waals surface area contributed by atoms with Gasteiger partial charge in [-0.1, -0.05) is 0 Å². The summed E-state index contributed by atoms with van der Waals surface area (Å²) in [6.07, 6.45) is 4.12. The van der Waals surface area contributed by atoms with Crippen LogP contribution in [0.5, 0.6) is 0 Å². The molecular weight excluding hydrogens is 212 g/mol. The molecular formula is C14H26N2O. The van der Waals surface area contributed by atoms with E-state index < -0.39 is 0 Å². The van der Waals surface area contributed by atoms with E-state index in [4.69, 9.17) is 4.74 Å². The summed E-state index contributed by atoms with van der Waals surface area (Å²) in [5.41, 5.74) is 0. The van der Waals surface area contributed by atoms with Gasteiger partial charge in [-0.3, -0.25) is 9.80 Å². The molecule has 3 unspecified atom stereocenters. The fourth-order valence-corrected chi connectivity index (χ4v) is 3.77. The zero-order valence-electron chi connectivity index (χ0n) is 11.3. The monoisotopic (exact) mass is 238 g/mol. The summed E-state index contributed by atoms with van der Waals surface area (Å²) < 4.78 is 5.51. The standard InChI is InChI=1S/C14H26N2O/c1-11(2)15-8-13-3-4-14(9-15)16(13)7-12-5-6-17-10-12/h11-14H,3-10H2,1-2H3. The average Bonchev–Trinajstić information content (AvgIpc) is 2.86. The number of nitrogens with zero attached hydrogens (tertiary/aromatic N) is 2. The number of hydrogen-bond donors (Lipinski definition) is 0. The number of hydrogen-bond acceptors (Lipinski definition) is 3. The Morgan fingerprint density at radius 2 is 1.82 bits per heavy atom. The minimum atomic E-state index is 0.718. The Bertz CT molecular complexity index is 249. The molecule has 3 aliphatic rings. The van der Waals surface area contributed by atoms with Crippen LogP contribution in [0.2, 0.25) is 0 Å². The highest BCUT2D eigenvalue weighted by Gasteiger charge is 2.41. The van der Waals surface area contributed by atoms with Crippen LogP contribution < -0.4 is 0 Å². The van der Waals surface area contributed by atoms with E-state index in [1.807, 2.05) is 0 Å². The lowest BCUT2D eigenvalue weighted by Crippen LogP contribution is -2.56. The van der Waals surface area contributed by atoms with Crippen molar-refractivity contribution in [1.82, 2.24) is 9.80 Å². The van der Waals surface area contributed by atoms with Gasteiger partial charge in [-0.2, -0.15) is 0 Å². The normalized spacial score (nSPS) is 39.4. The number of ether oxygens (including phenoxy) is 1. The average molecular weight is 238 g/mol. The van der Waals surface area contributed by atoms with E-state index in [2.05, 4.69) is 23.6 Å². The maximum atomic E-state index is 5.51. The quantitative estimate of drug-likeness (QED) is 0.742. The van der Waals surface area contributed by atoms with Crippen LogP contribution in [0.15, 0.2) is 0 Å². The van der Waals surface area contributed by atoms with Gasteiger partial charge in [-0.25, -0.2) is 0 Å². The topological polar surface area (TPSA) is 15.7 Å². The SMILES string of the molecule is CC(C)N1CC2CCC(C1)N2CC1CCOC1. The van der Waals surface area contributed by atoms with Crippen molar-refractivity contribution in [1.29, 1.82) is 0 Å². The minimum Gasteiger partial charge on any atom is -0.381 e. The van der Waals surface area contributed by atoms with Crippen LogP contribution in [-0.4, -0.2) is 60.8 Å². The molecule has 0 spiro atoms. The van der Waals surface area contributed by atoms with Crippen molar-refractivity contribution < 1.29 is 4.74 Å². The van der Waals surface area contributed by atoms with Gasteiger partial charge in [0, 0.05) is 44.4 Å². The van der Waals surface area contributed by atoms with Crippen LogP contribution in [0.4, 0.5) is 0 Å². The number of piperazine rings is 1. The Morgan fingerprint density at radius 3 is 2.35 bits per heavy atom. The second kappa shape index (κ2) is 4.87.